The van der Waals surface area contributed by atoms with Crippen molar-refractivity contribution in [1.29, 1.82) is 0 Å². The van der Waals surface area contributed by atoms with Crippen molar-refractivity contribution in [1.82, 2.24) is 10.3 Å². The van der Waals surface area contributed by atoms with Crippen molar-refractivity contribution in [2.75, 3.05) is 6.54 Å². The van der Waals surface area contributed by atoms with Crippen LogP contribution in [-0.2, 0) is 6.42 Å². The Morgan fingerprint density at radius 3 is 3.00 bits per heavy atom. The molecule has 2 nitrogen and oxygen atoms in total. The number of thiazole rings is 1. The van der Waals surface area contributed by atoms with Crippen LogP contribution in [0.5, 0.6) is 0 Å². The Kier molecular flexibility index (Phi) is 3.48. The summed E-state index contributed by atoms with van der Waals surface area (Å²) in [4.78, 5) is 5.64. The smallest absolute Gasteiger partial charge is 0.0794 e. The highest BCUT2D eigenvalue weighted by Gasteiger charge is 2.42. The van der Waals surface area contributed by atoms with Crippen molar-refractivity contribution < 1.29 is 0 Å². The first kappa shape index (κ1) is 11.7. The van der Waals surface area contributed by atoms with Crippen molar-refractivity contribution in [2.24, 2.45) is 17.8 Å². The lowest BCUT2D eigenvalue weighted by Gasteiger charge is -2.31. The topological polar surface area (TPSA) is 24.9 Å². The van der Waals surface area contributed by atoms with Crippen LogP contribution < -0.4 is 5.32 Å². The van der Waals surface area contributed by atoms with Gasteiger partial charge < -0.3 is 5.32 Å². The van der Waals surface area contributed by atoms with Crippen LogP contribution in [0, 0.1) is 17.8 Å². The Balaban J connectivity index is 1.67. The van der Waals surface area contributed by atoms with Crippen molar-refractivity contribution >= 4 is 11.3 Å². The van der Waals surface area contributed by atoms with Crippen molar-refractivity contribution in [3.8, 4) is 0 Å². The normalized spacial score (nSPS) is 33.1. The minimum absolute atomic E-state index is 0.691. The zero-order chi connectivity index (χ0) is 11.7. The van der Waals surface area contributed by atoms with E-state index >= 15 is 0 Å². The molecule has 1 N–H and O–H groups in total. The monoisotopic (exact) mass is 250 g/mol. The molecule has 0 saturated heterocycles. The Morgan fingerprint density at radius 1 is 1.47 bits per heavy atom. The molecular formula is C14H22N2S. The van der Waals surface area contributed by atoms with Crippen molar-refractivity contribution in [3.05, 3.63) is 16.6 Å². The molecule has 0 radical (unpaired) electrons. The van der Waals surface area contributed by atoms with Crippen LogP contribution in [0.15, 0.2) is 11.7 Å². The van der Waals surface area contributed by atoms with Gasteiger partial charge in [-0.15, -0.1) is 11.3 Å². The highest BCUT2D eigenvalue weighted by molar-refractivity contribution is 7.09. The number of rotatable bonds is 5. The van der Waals surface area contributed by atoms with Crippen LogP contribution in [-0.4, -0.2) is 17.6 Å². The molecule has 1 heterocycles. The molecule has 4 unspecified atom stereocenters. The molecule has 0 spiro atoms. The second-order valence-corrected chi connectivity index (χ2v) is 6.65. The van der Waals surface area contributed by atoms with E-state index in [-0.39, 0.29) is 0 Å². The van der Waals surface area contributed by atoms with Crippen LogP contribution >= 0.6 is 11.3 Å². The van der Waals surface area contributed by atoms with Gasteiger partial charge in [0.15, 0.2) is 0 Å². The van der Waals surface area contributed by atoms with Crippen LogP contribution in [0.25, 0.3) is 0 Å². The summed E-state index contributed by atoms with van der Waals surface area (Å²) >= 11 is 1.80. The predicted octanol–water partition coefficient (Wildman–Crippen LogP) is 3.10. The zero-order valence-corrected chi connectivity index (χ0v) is 11.4. The first-order valence-electron chi connectivity index (χ1n) is 6.97. The van der Waals surface area contributed by atoms with E-state index in [1.54, 1.807) is 11.3 Å². The number of likely N-dealkylation sites (N-methyl/N-ethyl adjacent to an activating group) is 1. The third kappa shape index (κ3) is 2.41. The Bertz CT molecular complexity index is 349. The van der Waals surface area contributed by atoms with Crippen molar-refractivity contribution in [3.63, 3.8) is 0 Å². The van der Waals surface area contributed by atoms with Gasteiger partial charge in [0.1, 0.15) is 0 Å². The van der Waals surface area contributed by atoms with Crippen LogP contribution in [0.2, 0.25) is 0 Å². The van der Waals surface area contributed by atoms with E-state index in [2.05, 4.69) is 17.2 Å². The first-order valence-corrected chi connectivity index (χ1v) is 7.85. The highest BCUT2D eigenvalue weighted by atomic mass is 32.1. The molecule has 1 aromatic heterocycles. The predicted molar refractivity (Wildman–Crippen MR) is 72.2 cm³/mol. The lowest BCUT2D eigenvalue weighted by molar-refractivity contribution is 0.249. The van der Waals surface area contributed by atoms with E-state index in [1.165, 1.54) is 37.0 Å². The minimum Gasteiger partial charge on any atom is -0.314 e. The Morgan fingerprint density at radius 2 is 2.41 bits per heavy atom. The molecule has 0 aliphatic heterocycles. The SMILES string of the molecule is CCNC(Cc1cncs1)C1CC2CCC1C2. The van der Waals surface area contributed by atoms with E-state index < -0.39 is 0 Å². The molecule has 2 aliphatic rings. The maximum Gasteiger partial charge on any atom is 0.0794 e. The fraction of sp³-hybridized carbons (Fsp3) is 0.786. The minimum atomic E-state index is 0.691. The second kappa shape index (κ2) is 5.07. The van der Waals surface area contributed by atoms with E-state index in [0.717, 1.165) is 24.3 Å². The molecule has 17 heavy (non-hydrogen) atoms. The molecule has 94 valence electrons. The first-order chi connectivity index (χ1) is 8.36. The molecule has 2 aliphatic carbocycles. The van der Waals surface area contributed by atoms with Gasteiger partial charge in [-0.05, 0) is 50.0 Å². The van der Waals surface area contributed by atoms with Gasteiger partial charge >= 0.3 is 0 Å². The molecule has 0 amide bonds. The maximum atomic E-state index is 4.20. The number of fused-ring (bicyclic) bond motifs is 2. The molecule has 2 bridgehead atoms. The van der Waals surface area contributed by atoms with Crippen LogP contribution in [0.4, 0.5) is 0 Å². The molecule has 1 aromatic rings. The summed E-state index contributed by atoms with van der Waals surface area (Å²) in [7, 11) is 0. The summed E-state index contributed by atoms with van der Waals surface area (Å²) in [5, 5.41) is 3.73. The Labute approximate surface area is 108 Å². The van der Waals surface area contributed by atoms with Gasteiger partial charge in [0.2, 0.25) is 0 Å². The average molecular weight is 250 g/mol. The highest BCUT2D eigenvalue weighted by Crippen LogP contribution is 2.49. The number of nitrogens with one attached hydrogen (secondary N) is 1. The molecule has 4 atom stereocenters. The average Bonchev–Trinajstić information content (AvgIpc) is 3.05. The largest absolute Gasteiger partial charge is 0.314 e. The standard InChI is InChI=1S/C14H22N2S/c1-2-16-14(7-12-8-15-9-17-12)13-6-10-3-4-11(13)5-10/h8-11,13-14,16H,2-7H2,1H3. The molecule has 2 fully saturated rings. The van der Waals surface area contributed by atoms with Crippen molar-refractivity contribution in [2.45, 2.75) is 45.1 Å². The number of nitrogens with zero attached hydrogens (tertiary/aromatic N) is 1. The molecular weight excluding hydrogens is 228 g/mol. The van der Waals surface area contributed by atoms with Gasteiger partial charge in [0.25, 0.3) is 0 Å². The van der Waals surface area contributed by atoms with Crippen LogP contribution in [0.3, 0.4) is 0 Å². The van der Waals surface area contributed by atoms with E-state index in [4.69, 9.17) is 0 Å². The van der Waals surface area contributed by atoms with Crippen LogP contribution in [0.1, 0.15) is 37.5 Å². The van der Waals surface area contributed by atoms with Gasteiger partial charge in [0.05, 0.1) is 5.51 Å². The summed E-state index contributed by atoms with van der Waals surface area (Å²) in [5.41, 5.74) is 1.96. The zero-order valence-electron chi connectivity index (χ0n) is 10.6. The third-order valence-corrected chi connectivity index (χ3v) is 5.48. The fourth-order valence-corrected chi connectivity index (χ4v) is 4.64. The quantitative estimate of drug-likeness (QED) is 0.868. The maximum absolute atomic E-state index is 4.20. The second-order valence-electron chi connectivity index (χ2n) is 5.67. The fourth-order valence-electron chi connectivity index (χ4n) is 3.98. The summed E-state index contributed by atoms with van der Waals surface area (Å²) in [6.45, 7) is 3.32. The van der Waals surface area contributed by atoms with Gasteiger partial charge in [0, 0.05) is 17.1 Å². The molecule has 3 rings (SSSR count). The summed E-state index contributed by atoms with van der Waals surface area (Å²) in [5.74, 6) is 2.99. The van der Waals surface area contributed by atoms with Gasteiger partial charge in [-0.2, -0.15) is 0 Å². The number of hydrogen-bond acceptors (Lipinski definition) is 3. The lowest BCUT2D eigenvalue weighted by Crippen LogP contribution is -2.40. The summed E-state index contributed by atoms with van der Waals surface area (Å²) in [6, 6.07) is 0.691. The molecule has 2 saturated carbocycles. The molecule has 0 aromatic carbocycles. The Hall–Kier alpha value is -0.410. The number of aromatic nitrogens is 1. The van der Waals surface area contributed by atoms with E-state index in [0.29, 0.717) is 6.04 Å². The van der Waals surface area contributed by atoms with Gasteiger partial charge in [-0.1, -0.05) is 13.3 Å². The van der Waals surface area contributed by atoms with E-state index in [9.17, 15) is 0 Å². The van der Waals surface area contributed by atoms with Gasteiger partial charge in [-0.3, -0.25) is 4.98 Å². The lowest BCUT2D eigenvalue weighted by atomic mass is 9.82. The summed E-state index contributed by atoms with van der Waals surface area (Å²) < 4.78 is 0. The molecule has 3 heteroatoms. The summed E-state index contributed by atoms with van der Waals surface area (Å²) in [6.07, 6.45) is 9.20. The van der Waals surface area contributed by atoms with E-state index in [1.807, 2.05) is 11.7 Å². The number of hydrogen-bond donors (Lipinski definition) is 1. The van der Waals surface area contributed by atoms with Gasteiger partial charge in [-0.25, -0.2) is 0 Å². The third-order valence-electron chi connectivity index (χ3n) is 4.68.